The van der Waals surface area contributed by atoms with E-state index in [0.29, 0.717) is 37.1 Å². The minimum Gasteiger partial charge on any atom is -0.490 e. The summed E-state index contributed by atoms with van der Waals surface area (Å²) in [6, 6.07) is 9.16. The van der Waals surface area contributed by atoms with E-state index in [1.54, 1.807) is 12.1 Å². The van der Waals surface area contributed by atoms with Crippen LogP contribution in [0.15, 0.2) is 41.5 Å². The van der Waals surface area contributed by atoms with E-state index in [0.717, 1.165) is 0 Å². The molecule has 9 nitrogen and oxygen atoms in total. The molecule has 0 spiro atoms. The Labute approximate surface area is 168 Å². The molecule has 0 saturated heterocycles. The van der Waals surface area contributed by atoms with Gasteiger partial charge in [-0.25, -0.2) is 5.43 Å². The Bertz CT molecular complexity index is 871. The highest BCUT2D eigenvalue weighted by molar-refractivity contribution is 5.96. The molecule has 0 fully saturated rings. The summed E-state index contributed by atoms with van der Waals surface area (Å²) < 4.78 is 16.8. The highest BCUT2D eigenvalue weighted by Gasteiger charge is 2.18. The molecule has 29 heavy (non-hydrogen) atoms. The number of nitro benzene ring substituents is 1. The standard InChI is InChI=1S/C20H23N3O6/c1-4-27-17-11-15(12-18(28-5-2)19(17)29-6-3)20(24)22-21-13-14-9-7-8-10-16(14)23(25)26/h7-13H,4-6H2,1-3H3,(H,22,24). The molecule has 2 aromatic carbocycles. The molecule has 0 unspecified atom stereocenters. The minimum atomic E-state index is -0.523. The lowest BCUT2D eigenvalue weighted by molar-refractivity contribution is -0.385. The van der Waals surface area contributed by atoms with Crippen molar-refractivity contribution in [3.8, 4) is 17.2 Å². The Balaban J connectivity index is 2.27. The third kappa shape index (κ3) is 5.68. The van der Waals surface area contributed by atoms with Gasteiger partial charge in [-0.1, -0.05) is 12.1 Å². The van der Waals surface area contributed by atoms with Crippen molar-refractivity contribution in [1.29, 1.82) is 0 Å². The van der Waals surface area contributed by atoms with Crippen molar-refractivity contribution >= 4 is 17.8 Å². The van der Waals surface area contributed by atoms with E-state index in [-0.39, 0.29) is 16.8 Å². The summed E-state index contributed by atoms with van der Waals surface area (Å²) in [7, 11) is 0. The number of carbonyl (C=O) groups excluding carboxylic acids is 1. The van der Waals surface area contributed by atoms with E-state index in [4.69, 9.17) is 14.2 Å². The lowest BCUT2D eigenvalue weighted by Gasteiger charge is -2.16. The average Bonchev–Trinajstić information content (AvgIpc) is 2.70. The zero-order chi connectivity index (χ0) is 21.2. The molecular weight excluding hydrogens is 378 g/mol. The minimum absolute atomic E-state index is 0.108. The Hall–Kier alpha value is -3.62. The summed E-state index contributed by atoms with van der Waals surface area (Å²) in [5, 5.41) is 14.9. The highest BCUT2D eigenvalue weighted by atomic mass is 16.6. The number of benzene rings is 2. The molecule has 2 aromatic rings. The summed E-state index contributed by atoms with van der Waals surface area (Å²) in [6.45, 7) is 6.65. The van der Waals surface area contributed by atoms with Gasteiger partial charge in [-0.2, -0.15) is 5.10 Å². The van der Waals surface area contributed by atoms with E-state index in [1.807, 2.05) is 20.8 Å². The van der Waals surface area contributed by atoms with Crippen molar-refractivity contribution in [2.75, 3.05) is 19.8 Å². The number of amides is 1. The van der Waals surface area contributed by atoms with Crippen LogP contribution in [0.4, 0.5) is 5.69 Å². The van der Waals surface area contributed by atoms with E-state index >= 15 is 0 Å². The van der Waals surface area contributed by atoms with Crippen LogP contribution in [0.25, 0.3) is 0 Å². The van der Waals surface area contributed by atoms with Crippen LogP contribution in [-0.4, -0.2) is 36.9 Å². The molecule has 1 N–H and O–H groups in total. The van der Waals surface area contributed by atoms with Gasteiger partial charge in [0.25, 0.3) is 11.6 Å². The number of nitrogens with zero attached hydrogens (tertiary/aromatic N) is 2. The number of para-hydroxylation sites is 1. The number of hydrogen-bond acceptors (Lipinski definition) is 7. The van der Waals surface area contributed by atoms with Crippen LogP contribution in [0, 0.1) is 10.1 Å². The first-order valence-electron chi connectivity index (χ1n) is 9.15. The maximum absolute atomic E-state index is 12.5. The van der Waals surface area contributed by atoms with Gasteiger partial charge in [0.05, 0.1) is 36.5 Å². The SMILES string of the molecule is CCOc1cc(C(=O)NN=Cc2ccccc2[N+](=O)[O-])cc(OCC)c1OCC. The van der Waals surface area contributed by atoms with Gasteiger partial charge in [-0.05, 0) is 39.0 Å². The normalized spacial score (nSPS) is 10.6. The largest absolute Gasteiger partial charge is 0.490 e. The molecule has 0 aliphatic carbocycles. The third-order valence-electron chi connectivity index (χ3n) is 3.67. The van der Waals surface area contributed by atoms with Crippen molar-refractivity contribution in [3.05, 3.63) is 57.6 Å². The highest BCUT2D eigenvalue weighted by Crippen LogP contribution is 2.39. The Morgan fingerprint density at radius 2 is 1.66 bits per heavy atom. The van der Waals surface area contributed by atoms with E-state index in [2.05, 4.69) is 10.5 Å². The maximum atomic E-state index is 12.5. The Morgan fingerprint density at radius 3 is 2.21 bits per heavy atom. The number of nitro groups is 1. The zero-order valence-corrected chi connectivity index (χ0v) is 16.5. The molecule has 1 amide bonds. The van der Waals surface area contributed by atoms with E-state index < -0.39 is 10.8 Å². The molecule has 0 aliphatic rings. The van der Waals surface area contributed by atoms with Gasteiger partial charge in [-0.3, -0.25) is 14.9 Å². The summed E-state index contributed by atoms with van der Waals surface area (Å²) in [4.78, 5) is 23.0. The van der Waals surface area contributed by atoms with Gasteiger partial charge in [0, 0.05) is 11.6 Å². The molecule has 2 rings (SSSR count). The zero-order valence-electron chi connectivity index (χ0n) is 16.5. The fraction of sp³-hybridized carbons (Fsp3) is 0.300. The van der Waals surface area contributed by atoms with Crippen LogP contribution in [0.1, 0.15) is 36.7 Å². The maximum Gasteiger partial charge on any atom is 0.278 e. The van der Waals surface area contributed by atoms with E-state index in [9.17, 15) is 14.9 Å². The summed E-state index contributed by atoms with van der Waals surface area (Å²) in [5.41, 5.74) is 2.77. The fourth-order valence-corrected chi connectivity index (χ4v) is 2.51. The summed E-state index contributed by atoms with van der Waals surface area (Å²) >= 11 is 0. The first-order valence-corrected chi connectivity index (χ1v) is 9.15. The first kappa shape index (κ1) is 21.7. The molecule has 0 radical (unpaired) electrons. The molecule has 9 heteroatoms. The molecule has 0 atom stereocenters. The molecule has 0 aliphatic heterocycles. The van der Waals surface area contributed by atoms with Gasteiger partial charge >= 0.3 is 0 Å². The van der Waals surface area contributed by atoms with Crippen molar-refractivity contribution in [2.24, 2.45) is 5.10 Å². The lowest BCUT2D eigenvalue weighted by Crippen LogP contribution is -2.18. The van der Waals surface area contributed by atoms with Gasteiger partial charge in [0.15, 0.2) is 11.5 Å². The van der Waals surface area contributed by atoms with Crippen LogP contribution >= 0.6 is 0 Å². The monoisotopic (exact) mass is 401 g/mol. The van der Waals surface area contributed by atoms with Crippen molar-refractivity contribution in [2.45, 2.75) is 20.8 Å². The van der Waals surface area contributed by atoms with Crippen LogP contribution in [0.2, 0.25) is 0 Å². The molecule has 0 aromatic heterocycles. The summed E-state index contributed by atoms with van der Waals surface area (Å²) in [5.74, 6) is 0.669. The second kappa shape index (κ2) is 10.6. The summed E-state index contributed by atoms with van der Waals surface area (Å²) in [6.07, 6.45) is 1.22. The lowest BCUT2D eigenvalue weighted by atomic mass is 10.1. The number of hydrazone groups is 1. The van der Waals surface area contributed by atoms with E-state index in [1.165, 1.54) is 30.5 Å². The van der Waals surface area contributed by atoms with Crippen molar-refractivity contribution in [3.63, 3.8) is 0 Å². The first-order chi connectivity index (χ1) is 14.0. The molecule has 0 saturated carbocycles. The predicted molar refractivity (Wildman–Crippen MR) is 108 cm³/mol. The van der Waals surface area contributed by atoms with Crippen LogP contribution in [0.3, 0.4) is 0 Å². The predicted octanol–water partition coefficient (Wildman–Crippen LogP) is 3.55. The second-order valence-corrected chi connectivity index (χ2v) is 5.62. The third-order valence-corrected chi connectivity index (χ3v) is 3.67. The van der Waals surface area contributed by atoms with Gasteiger partial charge in [0.1, 0.15) is 0 Å². The van der Waals surface area contributed by atoms with Gasteiger partial charge < -0.3 is 14.2 Å². The fourth-order valence-electron chi connectivity index (χ4n) is 2.51. The topological polar surface area (TPSA) is 112 Å². The smallest absolute Gasteiger partial charge is 0.278 e. The van der Waals surface area contributed by atoms with Crippen molar-refractivity contribution < 1.29 is 23.9 Å². The number of carbonyl (C=O) groups is 1. The average molecular weight is 401 g/mol. The second-order valence-electron chi connectivity index (χ2n) is 5.62. The van der Waals surface area contributed by atoms with Crippen molar-refractivity contribution in [1.82, 2.24) is 5.43 Å². The quantitative estimate of drug-likeness (QED) is 0.370. The van der Waals surface area contributed by atoms with Crippen LogP contribution in [-0.2, 0) is 0 Å². The molecule has 154 valence electrons. The molecule has 0 bridgehead atoms. The number of hydrogen-bond donors (Lipinski definition) is 1. The molecular formula is C20H23N3O6. The van der Waals surface area contributed by atoms with Crippen LogP contribution < -0.4 is 19.6 Å². The Kier molecular flexibility index (Phi) is 7.96. The number of nitrogens with one attached hydrogen (secondary N) is 1. The molecule has 0 heterocycles. The Morgan fingerprint density at radius 1 is 1.07 bits per heavy atom. The van der Waals surface area contributed by atoms with Gasteiger partial charge in [0.2, 0.25) is 5.75 Å². The van der Waals surface area contributed by atoms with Gasteiger partial charge in [-0.15, -0.1) is 0 Å². The van der Waals surface area contributed by atoms with Crippen LogP contribution in [0.5, 0.6) is 17.2 Å². The number of ether oxygens (including phenoxy) is 3. The number of rotatable bonds is 10.